The van der Waals surface area contributed by atoms with Gasteiger partial charge in [-0.2, -0.15) is 4.99 Å². The van der Waals surface area contributed by atoms with Gasteiger partial charge in [0.25, 0.3) is 5.91 Å². The SMILES string of the molecule is COc1ccccc1N1C(=NC(=O)[C@H](C)Oc2ccccc2)S[C@@H]2CS(=O)(=O)C[C@H]21. The van der Waals surface area contributed by atoms with Crippen molar-refractivity contribution < 1.29 is 22.7 Å². The van der Waals surface area contributed by atoms with E-state index in [1.807, 2.05) is 41.3 Å². The lowest BCUT2D eigenvalue weighted by atomic mass is 10.2. The summed E-state index contributed by atoms with van der Waals surface area (Å²) >= 11 is 1.32. The molecule has 0 N–H and O–H groups in total. The van der Waals surface area contributed by atoms with E-state index in [1.165, 1.54) is 11.8 Å². The summed E-state index contributed by atoms with van der Waals surface area (Å²) in [6.45, 7) is 1.65. The predicted octanol–water partition coefficient (Wildman–Crippen LogP) is 2.76. The van der Waals surface area contributed by atoms with Crippen LogP contribution in [0.3, 0.4) is 0 Å². The highest BCUT2D eigenvalue weighted by atomic mass is 32.2. The van der Waals surface area contributed by atoms with Crippen LogP contribution in [0.2, 0.25) is 0 Å². The Bertz CT molecular complexity index is 1070. The smallest absolute Gasteiger partial charge is 0.288 e. The molecule has 0 unspecified atom stereocenters. The lowest BCUT2D eigenvalue weighted by molar-refractivity contribution is -0.123. The largest absolute Gasteiger partial charge is 0.495 e. The third-order valence-electron chi connectivity index (χ3n) is 5.02. The van der Waals surface area contributed by atoms with Crippen molar-refractivity contribution in [2.75, 3.05) is 23.5 Å². The summed E-state index contributed by atoms with van der Waals surface area (Å²) in [6.07, 6.45) is -0.774. The number of aliphatic imine (C=N–C) groups is 1. The number of methoxy groups -OCH3 is 1. The van der Waals surface area contributed by atoms with Crippen molar-refractivity contribution in [3.8, 4) is 11.5 Å². The first-order chi connectivity index (χ1) is 14.4. The normalized spacial score (nSPS) is 24.5. The van der Waals surface area contributed by atoms with Crippen LogP contribution in [-0.4, -0.2) is 55.5 Å². The van der Waals surface area contributed by atoms with Gasteiger partial charge in [0.1, 0.15) is 11.5 Å². The van der Waals surface area contributed by atoms with E-state index in [1.54, 1.807) is 32.2 Å². The molecule has 2 fully saturated rings. The maximum Gasteiger partial charge on any atom is 0.288 e. The van der Waals surface area contributed by atoms with E-state index in [4.69, 9.17) is 9.47 Å². The number of nitrogens with zero attached hydrogens (tertiary/aromatic N) is 2. The third-order valence-corrected chi connectivity index (χ3v) is 8.23. The summed E-state index contributed by atoms with van der Waals surface area (Å²) in [6, 6.07) is 16.1. The number of ether oxygens (including phenoxy) is 2. The Balaban J connectivity index is 1.64. The predicted molar refractivity (Wildman–Crippen MR) is 118 cm³/mol. The Kier molecular flexibility index (Phi) is 5.75. The van der Waals surface area contributed by atoms with Gasteiger partial charge in [0, 0.05) is 5.25 Å². The first kappa shape index (κ1) is 20.7. The molecule has 158 valence electrons. The zero-order valence-electron chi connectivity index (χ0n) is 16.6. The molecule has 0 radical (unpaired) electrons. The van der Waals surface area contributed by atoms with Crippen LogP contribution in [-0.2, 0) is 14.6 Å². The van der Waals surface area contributed by atoms with Crippen LogP contribution >= 0.6 is 11.8 Å². The molecule has 2 heterocycles. The minimum Gasteiger partial charge on any atom is -0.495 e. The van der Waals surface area contributed by atoms with Crippen LogP contribution in [0.5, 0.6) is 11.5 Å². The molecule has 7 nitrogen and oxygen atoms in total. The molecule has 30 heavy (non-hydrogen) atoms. The maximum absolute atomic E-state index is 12.8. The fraction of sp³-hybridized carbons (Fsp3) is 0.333. The monoisotopic (exact) mass is 446 g/mol. The number of amides is 1. The minimum atomic E-state index is -3.14. The molecule has 2 saturated heterocycles. The highest BCUT2D eigenvalue weighted by Gasteiger charge is 2.50. The average molecular weight is 447 g/mol. The second kappa shape index (κ2) is 8.31. The van der Waals surface area contributed by atoms with Gasteiger partial charge in [0.15, 0.2) is 21.1 Å². The van der Waals surface area contributed by atoms with Crippen molar-refractivity contribution in [1.29, 1.82) is 0 Å². The van der Waals surface area contributed by atoms with E-state index < -0.39 is 21.8 Å². The van der Waals surface area contributed by atoms with E-state index >= 15 is 0 Å². The van der Waals surface area contributed by atoms with Crippen LogP contribution in [0.25, 0.3) is 0 Å². The van der Waals surface area contributed by atoms with Gasteiger partial charge in [-0.05, 0) is 31.2 Å². The number of carbonyl (C=O) groups is 1. The summed E-state index contributed by atoms with van der Waals surface area (Å²) < 4.78 is 35.6. The Morgan fingerprint density at radius 2 is 1.83 bits per heavy atom. The number of hydrogen-bond acceptors (Lipinski definition) is 6. The fourth-order valence-electron chi connectivity index (χ4n) is 3.61. The third kappa shape index (κ3) is 4.17. The summed E-state index contributed by atoms with van der Waals surface area (Å²) in [7, 11) is -1.58. The van der Waals surface area contributed by atoms with Gasteiger partial charge >= 0.3 is 0 Å². The number of para-hydroxylation sites is 3. The van der Waals surface area contributed by atoms with Crippen LogP contribution in [0.15, 0.2) is 59.6 Å². The Hall–Kier alpha value is -2.52. The number of rotatable bonds is 5. The number of anilines is 1. The van der Waals surface area contributed by atoms with E-state index in [-0.39, 0.29) is 22.8 Å². The van der Waals surface area contributed by atoms with Crippen LogP contribution < -0.4 is 14.4 Å². The zero-order valence-corrected chi connectivity index (χ0v) is 18.2. The number of fused-ring (bicyclic) bond motifs is 1. The molecule has 2 aromatic carbocycles. The lowest BCUT2D eigenvalue weighted by Gasteiger charge is -2.26. The minimum absolute atomic E-state index is 0.0198. The van der Waals surface area contributed by atoms with Crippen molar-refractivity contribution in [3.63, 3.8) is 0 Å². The molecule has 2 aromatic rings. The van der Waals surface area contributed by atoms with Gasteiger partial charge < -0.3 is 14.4 Å². The second-order valence-electron chi connectivity index (χ2n) is 7.15. The van der Waals surface area contributed by atoms with Crippen molar-refractivity contribution in [1.82, 2.24) is 0 Å². The van der Waals surface area contributed by atoms with E-state index in [0.29, 0.717) is 22.4 Å². The second-order valence-corrected chi connectivity index (χ2v) is 10.5. The molecule has 0 bridgehead atoms. The van der Waals surface area contributed by atoms with Gasteiger partial charge in [-0.3, -0.25) is 4.79 Å². The summed E-state index contributed by atoms with van der Waals surface area (Å²) in [5.41, 5.74) is 0.695. The molecule has 3 atom stereocenters. The number of amidine groups is 1. The molecule has 4 rings (SSSR count). The average Bonchev–Trinajstić information content (AvgIpc) is 3.19. The van der Waals surface area contributed by atoms with Gasteiger partial charge in [0.05, 0.1) is 30.3 Å². The zero-order chi connectivity index (χ0) is 21.3. The molecule has 2 aliphatic heterocycles. The number of hydrogen-bond donors (Lipinski definition) is 0. The van der Waals surface area contributed by atoms with Gasteiger partial charge in [-0.25, -0.2) is 8.42 Å². The molecule has 0 spiro atoms. The molecule has 0 aliphatic carbocycles. The molecule has 0 aromatic heterocycles. The molecular weight excluding hydrogens is 424 g/mol. The molecule has 9 heteroatoms. The summed E-state index contributed by atoms with van der Waals surface area (Å²) in [5.74, 6) is 0.839. The van der Waals surface area contributed by atoms with Crippen LogP contribution in [0, 0.1) is 0 Å². The van der Waals surface area contributed by atoms with Crippen molar-refractivity contribution in [3.05, 3.63) is 54.6 Å². The van der Waals surface area contributed by atoms with Crippen molar-refractivity contribution in [2.24, 2.45) is 4.99 Å². The van der Waals surface area contributed by atoms with Crippen LogP contribution in [0.1, 0.15) is 6.92 Å². The van der Waals surface area contributed by atoms with E-state index in [0.717, 1.165) is 0 Å². The first-order valence-electron chi connectivity index (χ1n) is 9.51. The summed E-state index contributed by atoms with van der Waals surface area (Å²) in [4.78, 5) is 18.9. The van der Waals surface area contributed by atoms with E-state index in [9.17, 15) is 13.2 Å². The Morgan fingerprint density at radius 3 is 2.57 bits per heavy atom. The molecule has 2 aliphatic rings. The number of carbonyl (C=O) groups excluding carboxylic acids is 1. The Morgan fingerprint density at radius 1 is 1.13 bits per heavy atom. The Labute approximate surface area is 180 Å². The van der Waals surface area contributed by atoms with Gasteiger partial charge in [0.2, 0.25) is 0 Å². The molecular formula is C21H22N2O5S2. The van der Waals surface area contributed by atoms with Crippen molar-refractivity contribution >= 4 is 38.4 Å². The van der Waals surface area contributed by atoms with E-state index in [2.05, 4.69) is 4.99 Å². The fourth-order valence-corrected chi connectivity index (χ4v) is 7.53. The number of benzene rings is 2. The highest BCUT2D eigenvalue weighted by Crippen LogP contribution is 2.43. The van der Waals surface area contributed by atoms with Gasteiger partial charge in [-0.1, -0.05) is 42.1 Å². The summed E-state index contributed by atoms with van der Waals surface area (Å²) in [5, 5.41) is 0.287. The van der Waals surface area contributed by atoms with Crippen molar-refractivity contribution in [2.45, 2.75) is 24.3 Å². The first-order valence-corrected chi connectivity index (χ1v) is 12.2. The number of sulfone groups is 1. The topological polar surface area (TPSA) is 85.3 Å². The number of thioether (sulfide) groups is 1. The molecule has 0 saturated carbocycles. The maximum atomic E-state index is 12.8. The van der Waals surface area contributed by atoms with Gasteiger partial charge in [-0.15, -0.1) is 0 Å². The quantitative estimate of drug-likeness (QED) is 0.698. The molecule has 1 amide bonds. The van der Waals surface area contributed by atoms with Crippen LogP contribution in [0.4, 0.5) is 5.69 Å². The lowest BCUT2D eigenvalue weighted by Crippen LogP contribution is -2.38. The standard InChI is InChI=1S/C21H22N2O5S2/c1-14(28-15-8-4-3-5-9-15)20(24)22-21-23(16-10-6-7-11-18(16)27-2)17-12-30(25,26)13-19(17)29-21/h3-11,14,17,19H,12-13H2,1-2H3/t14-,17+,19+/m0/s1. The highest BCUT2D eigenvalue weighted by molar-refractivity contribution is 8.16.